The van der Waals surface area contributed by atoms with Gasteiger partial charge in [0.15, 0.2) is 5.76 Å². The normalized spacial score (nSPS) is 15.7. The fraction of sp³-hybridized carbons (Fsp3) is 0.400. The number of benzene rings is 1. The van der Waals surface area contributed by atoms with E-state index >= 15 is 0 Å². The number of Topliss-reactive ketones (excluding diaryl/α,β-unsaturated/α-hetero) is 1. The van der Waals surface area contributed by atoms with Crippen LogP contribution in [0.1, 0.15) is 21.7 Å². The van der Waals surface area contributed by atoms with E-state index in [-0.39, 0.29) is 11.7 Å². The van der Waals surface area contributed by atoms with Crippen molar-refractivity contribution >= 4 is 11.7 Å². The molecule has 0 saturated carbocycles. The zero-order chi connectivity index (χ0) is 18.4. The van der Waals surface area contributed by atoms with E-state index < -0.39 is 0 Å². The number of amides is 1. The second kappa shape index (κ2) is 8.78. The number of carbonyl (C=O) groups is 2. The summed E-state index contributed by atoms with van der Waals surface area (Å²) in [4.78, 5) is 28.4. The van der Waals surface area contributed by atoms with E-state index in [9.17, 15) is 9.59 Å². The first-order chi connectivity index (χ1) is 12.6. The molecule has 1 aliphatic rings. The summed E-state index contributed by atoms with van der Waals surface area (Å²) in [5.41, 5.74) is 2.31. The summed E-state index contributed by atoms with van der Waals surface area (Å²) in [7, 11) is 0. The van der Waals surface area contributed by atoms with Crippen molar-refractivity contribution in [1.82, 2.24) is 15.1 Å². The van der Waals surface area contributed by atoms with Crippen LogP contribution in [0.3, 0.4) is 0 Å². The summed E-state index contributed by atoms with van der Waals surface area (Å²) in [6.45, 7) is 6.47. The molecule has 26 heavy (non-hydrogen) atoms. The third-order valence-electron chi connectivity index (χ3n) is 4.61. The summed E-state index contributed by atoms with van der Waals surface area (Å²) < 4.78 is 5.14. The molecule has 6 heteroatoms. The van der Waals surface area contributed by atoms with Crippen molar-refractivity contribution in [2.45, 2.75) is 13.5 Å². The van der Waals surface area contributed by atoms with Gasteiger partial charge < -0.3 is 9.73 Å². The second-order valence-corrected chi connectivity index (χ2v) is 6.72. The van der Waals surface area contributed by atoms with Crippen LogP contribution in [0.25, 0.3) is 0 Å². The summed E-state index contributed by atoms with van der Waals surface area (Å²) in [5, 5.41) is 2.97. The first-order valence-electron chi connectivity index (χ1n) is 8.94. The third kappa shape index (κ3) is 5.28. The molecule has 3 rings (SSSR count). The van der Waals surface area contributed by atoms with Gasteiger partial charge in [0.25, 0.3) is 0 Å². The lowest BCUT2D eigenvalue weighted by Crippen LogP contribution is -2.50. The fourth-order valence-electron chi connectivity index (χ4n) is 2.99. The molecule has 138 valence electrons. The average molecular weight is 355 g/mol. The molecule has 0 spiro atoms. The number of hydrogen-bond donors (Lipinski definition) is 1. The summed E-state index contributed by atoms with van der Waals surface area (Å²) in [6, 6.07) is 11.6. The van der Waals surface area contributed by atoms with Gasteiger partial charge in [-0.25, -0.2) is 0 Å². The van der Waals surface area contributed by atoms with Crippen LogP contribution in [0.15, 0.2) is 47.1 Å². The van der Waals surface area contributed by atoms with Crippen molar-refractivity contribution in [3.8, 4) is 0 Å². The number of ketones is 1. The highest BCUT2D eigenvalue weighted by molar-refractivity contribution is 5.95. The Balaban J connectivity index is 1.36. The van der Waals surface area contributed by atoms with E-state index in [1.54, 1.807) is 12.1 Å². The number of furan rings is 1. The van der Waals surface area contributed by atoms with Crippen molar-refractivity contribution < 1.29 is 14.0 Å². The zero-order valence-electron chi connectivity index (χ0n) is 15.1. The number of carbonyl (C=O) groups excluding carboxylic acids is 2. The molecule has 1 fully saturated rings. The Morgan fingerprint density at radius 2 is 1.65 bits per heavy atom. The smallest absolute Gasteiger partial charge is 0.234 e. The van der Waals surface area contributed by atoms with Crippen LogP contribution in [0.2, 0.25) is 0 Å². The Morgan fingerprint density at radius 1 is 1.00 bits per heavy atom. The van der Waals surface area contributed by atoms with Gasteiger partial charge in [-0.05, 0) is 24.6 Å². The van der Waals surface area contributed by atoms with Crippen LogP contribution in [-0.4, -0.2) is 60.8 Å². The Labute approximate surface area is 153 Å². The van der Waals surface area contributed by atoms with Crippen LogP contribution < -0.4 is 5.32 Å². The summed E-state index contributed by atoms with van der Waals surface area (Å²) >= 11 is 0. The molecule has 1 aliphatic heterocycles. The maximum Gasteiger partial charge on any atom is 0.234 e. The van der Waals surface area contributed by atoms with Crippen molar-refractivity contribution in [2.75, 3.05) is 39.3 Å². The van der Waals surface area contributed by atoms with Gasteiger partial charge in [-0.1, -0.05) is 29.8 Å². The zero-order valence-corrected chi connectivity index (χ0v) is 15.1. The van der Waals surface area contributed by atoms with Gasteiger partial charge in [-0.3, -0.25) is 19.4 Å². The summed E-state index contributed by atoms with van der Waals surface area (Å²) in [5.74, 6) is 0.438. The van der Waals surface area contributed by atoms with Crippen LogP contribution in [0.4, 0.5) is 0 Å². The number of nitrogens with one attached hydrogen (secondary N) is 1. The van der Waals surface area contributed by atoms with Gasteiger partial charge in [-0.2, -0.15) is 0 Å². The minimum absolute atomic E-state index is 0.000657. The topological polar surface area (TPSA) is 65.8 Å². The number of hydrogen-bond acceptors (Lipinski definition) is 5. The van der Waals surface area contributed by atoms with E-state index in [1.165, 1.54) is 11.8 Å². The van der Waals surface area contributed by atoms with Crippen LogP contribution >= 0.6 is 0 Å². The molecule has 1 N–H and O–H groups in total. The molecule has 1 aromatic carbocycles. The van der Waals surface area contributed by atoms with Crippen molar-refractivity contribution in [3.05, 3.63) is 59.5 Å². The first kappa shape index (κ1) is 18.4. The lowest BCUT2D eigenvalue weighted by molar-refractivity contribution is -0.122. The lowest BCUT2D eigenvalue weighted by atomic mass is 10.1. The van der Waals surface area contributed by atoms with Gasteiger partial charge in [0.05, 0.1) is 19.4 Å². The molecule has 0 bridgehead atoms. The third-order valence-corrected chi connectivity index (χ3v) is 4.61. The van der Waals surface area contributed by atoms with E-state index in [1.807, 2.05) is 31.2 Å². The van der Waals surface area contributed by atoms with Gasteiger partial charge in [-0.15, -0.1) is 0 Å². The number of aryl methyl sites for hydroxylation is 1. The minimum atomic E-state index is -0.000657. The Kier molecular flexibility index (Phi) is 6.20. The van der Waals surface area contributed by atoms with Crippen LogP contribution in [0, 0.1) is 6.92 Å². The molecular formula is C20H25N3O3. The molecule has 0 aliphatic carbocycles. The maximum atomic E-state index is 12.1. The fourth-order valence-corrected chi connectivity index (χ4v) is 2.99. The minimum Gasteiger partial charge on any atom is -0.461 e. The second-order valence-electron chi connectivity index (χ2n) is 6.72. The highest BCUT2D eigenvalue weighted by Crippen LogP contribution is 2.07. The highest BCUT2D eigenvalue weighted by Gasteiger charge is 2.21. The Bertz CT molecular complexity index is 717. The molecule has 1 aromatic heterocycles. The van der Waals surface area contributed by atoms with Gasteiger partial charge in [0.2, 0.25) is 11.7 Å². The Morgan fingerprint density at radius 3 is 2.27 bits per heavy atom. The molecule has 2 aromatic rings. The first-order valence-corrected chi connectivity index (χ1v) is 8.94. The van der Waals surface area contributed by atoms with E-state index in [2.05, 4.69) is 15.1 Å². The van der Waals surface area contributed by atoms with Crippen molar-refractivity contribution in [1.29, 1.82) is 0 Å². The van der Waals surface area contributed by atoms with Crippen LogP contribution in [-0.2, 0) is 11.3 Å². The molecule has 1 amide bonds. The predicted molar refractivity (Wildman–Crippen MR) is 98.9 cm³/mol. The van der Waals surface area contributed by atoms with E-state index in [0.29, 0.717) is 25.4 Å². The lowest BCUT2D eigenvalue weighted by Gasteiger charge is -2.33. The molecule has 6 nitrogen and oxygen atoms in total. The number of rotatable bonds is 7. The van der Waals surface area contributed by atoms with E-state index in [4.69, 9.17) is 4.42 Å². The van der Waals surface area contributed by atoms with Gasteiger partial charge in [0.1, 0.15) is 0 Å². The standard InChI is InChI=1S/C20H25N3O3/c1-16-4-6-17(7-5-16)13-21-20(25)15-23-10-8-22(9-11-23)14-18(24)19-3-2-12-26-19/h2-7,12H,8-11,13-15H2,1H3,(H,21,25). The highest BCUT2D eigenvalue weighted by atomic mass is 16.3. The van der Waals surface area contributed by atoms with Gasteiger partial charge in [0, 0.05) is 32.7 Å². The Hall–Kier alpha value is -2.44. The molecule has 0 atom stereocenters. The largest absolute Gasteiger partial charge is 0.461 e. The number of nitrogens with zero attached hydrogens (tertiary/aromatic N) is 2. The molecule has 2 heterocycles. The quantitative estimate of drug-likeness (QED) is 0.766. The van der Waals surface area contributed by atoms with Crippen molar-refractivity contribution in [3.63, 3.8) is 0 Å². The molecule has 1 saturated heterocycles. The van der Waals surface area contributed by atoms with E-state index in [0.717, 1.165) is 31.7 Å². The molecule has 0 unspecified atom stereocenters. The summed E-state index contributed by atoms with van der Waals surface area (Å²) in [6.07, 6.45) is 1.51. The van der Waals surface area contributed by atoms with Crippen LogP contribution in [0.5, 0.6) is 0 Å². The maximum absolute atomic E-state index is 12.1. The monoisotopic (exact) mass is 355 g/mol. The molecule has 0 radical (unpaired) electrons. The van der Waals surface area contributed by atoms with Crippen molar-refractivity contribution in [2.24, 2.45) is 0 Å². The number of piperazine rings is 1. The SMILES string of the molecule is Cc1ccc(CNC(=O)CN2CCN(CC(=O)c3ccco3)CC2)cc1. The predicted octanol–water partition coefficient (Wildman–Crippen LogP) is 1.70. The average Bonchev–Trinajstić information content (AvgIpc) is 3.18. The van der Waals surface area contributed by atoms with Gasteiger partial charge >= 0.3 is 0 Å². The molecular weight excluding hydrogens is 330 g/mol.